The van der Waals surface area contributed by atoms with Crippen molar-refractivity contribution >= 4 is 36.6 Å². The molecule has 4 amide bonds. The van der Waals surface area contributed by atoms with E-state index < -0.39 is 458 Å². The number of rotatable bonds is 43. The lowest BCUT2D eigenvalue weighted by Crippen LogP contribution is -2.71. The number of ether oxygens (including phenoxy) is 23. The van der Waals surface area contributed by atoms with E-state index in [1.54, 1.807) is 0 Å². The van der Waals surface area contributed by atoms with Gasteiger partial charge in [0.25, 0.3) is 12.9 Å². The first kappa shape index (κ1) is 121. The summed E-state index contributed by atoms with van der Waals surface area (Å²) in [5, 5.41) is 350. The molecule has 0 radical (unpaired) electrons. The van der Waals surface area contributed by atoms with E-state index in [0.29, 0.717) is 0 Å². The molecule has 11 aliphatic rings. The first-order valence-corrected chi connectivity index (χ1v) is 46.9. The summed E-state index contributed by atoms with van der Waals surface area (Å²) in [6.07, 6.45) is -106. The minimum Gasteiger partial charge on any atom is -0.410 e. The molecular weight excluding hydrogens is 2000 g/mol. The lowest BCUT2D eigenvalue weighted by Gasteiger charge is -2.51. The van der Waals surface area contributed by atoms with Crippen molar-refractivity contribution in [2.75, 3.05) is 72.7 Å². The van der Waals surface area contributed by atoms with Crippen LogP contribution in [-0.2, 0) is 138 Å². The maximum absolute atomic E-state index is 13.4. The second kappa shape index (κ2) is 52.8. The molecule has 11 heterocycles. The van der Waals surface area contributed by atoms with Crippen molar-refractivity contribution in [2.24, 2.45) is 11.8 Å². The van der Waals surface area contributed by atoms with Crippen LogP contribution in [-0.4, -0.2) is 599 Å². The second-order valence-electron chi connectivity index (χ2n) is 37.4. The third-order valence-electron chi connectivity index (χ3n) is 27.3. The molecule has 11 fully saturated rings. The van der Waals surface area contributed by atoms with E-state index in [2.05, 4.69) is 21.3 Å². The van der Waals surface area contributed by atoms with Gasteiger partial charge >= 0.3 is 11.9 Å². The first-order chi connectivity index (χ1) is 69.0. The summed E-state index contributed by atoms with van der Waals surface area (Å²) in [7, 11) is 0. The Labute approximate surface area is 828 Å². The topological polar surface area (TPSA) is 970 Å². The smallest absolute Gasteiger partial charge is 0.332 e. The highest BCUT2D eigenvalue weighted by atomic mass is 16.9. The summed E-state index contributed by atoms with van der Waals surface area (Å²) in [4.78, 5) is 76.3. The lowest BCUT2D eigenvalue weighted by molar-refractivity contribution is -0.448. The molecule has 0 saturated carbocycles. The van der Waals surface area contributed by atoms with Crippen molar-refractivity contribution in [2.45, 2.75) is 398 Å². The Kier molecular flexibility index (Phi) is 43.8. The molecule has 0 aromatic rings. The van der Waals surface area contributed by atoms with Crippen molar-refractivity contribution < 1.29 is 291 Å². The van der Waals surface area contributed by atoms with Crippen molar-refractivity contribution in [1.82, 2.24) is 21.3 Å². The summed E-state index contributed by atoms with van der Waals surface area (Å²) >= 11 is 0. The van der Waals surface area contributed by atoms with Gasteiger partial charge in [0.2, 0.25) is 23.6 Å². The monoisotopic (exact) mass is 2130 g/mol. The minimum atomic E-state index is -2.92. The second-order valence-corrected chi connectivity index (χ2v) is 37.4. The SMILES string of the molecule is CC(=O)NC1C(O)[C@H](O[C@@H]2OC(CO[C@]3(OC=O)C[C@H](O)[C@@H](C)C([C@H](O)[C@@H](O)CO)O3)[C@H](O)[C@H](O)C2O)[C@@H](CO)O[C@@H]1OC1[C@H](OCC2O[C@@H](O[C@H]3C(CO)O[C@@H](O[C@H]4C(CO)O[C@@H](C)C(NC(C)=O)[C@H]4O)C(NC(C)=O)[C@H]3O)C(O)[C@@H](O[C@@H]3OC(CO)[C@H](O)C(O)C3O[C@@H]3OC(CO)[C@H](O[C@@H]4OC(CO)[C@H](O)[C@H](O[C@]5(OC=O)C[C@H](O)[C@@H](C)C([C@H](O)[C@@H](O)CO)O5)C4O)[C@H](O)C3NC(C)=O)[C@H]2O)OC(CO)[C@H](O)[C@@H]1O. The Morgan fingerprint density at radius 3 is 1.03 bits per heavy atom. The van der Waals surface area contributed by atoms with E-state index in [1.807, 2.05) is 0 Å². The van der Waals surface area contributed by atoms with E-state index in [4.69, 9.17) is 109 Å². The van der Waals surface area contributed by atoms with Crippen molar-refractivity contribution in [3.8, 4) is 0 Å². The highest BCUT2D eigenvalue weighted by Crippen LogP contribution is 2.45. The van der Waals surface area contributed by atoms with Crippen LogP contribution >= 0.6 is 0 Å². The van der Waals surface area contributed by atoms with Crippen molar-refractivity contribution in [3.05, 3.63) is 0 Å². The van der Waals surface area contributed by atoms with Gasteiger partial charge in [0.05, 0.1) is 122 Å². The molecule has 0 aliphatic carbocycles. The molecule has 63 heteroatoms. The van der Waals surface area contributed by atoms with Crippen LogP contribution in [0.2, 0.25) is 0 Å². The fourth-order valence-corrected chi connectivity index (χ4v) is 19.2. The van der Waals surface area contributed by atoms with Crippen LogP contribution in [0.1, 0.15) is 61.3 Å². The van der Waals surface area contributed by atoms with E-state index in [-0.39, 0.29) is 12.9 Å². The summed E-state index contributed by atoms with van der Waals surface area (Å²) in [5.74, 6) is -11.5. The van der Waals surface area contributed by atoms with Crippen LogP contribution in [0.15, 0.2) is 0 Å². The molecule has 844 valence electrons. The summed E-state index contributed by atoms with van der Waals surface area (Å²) in [5.41, 5.74) is 0. The number of nitrogens with one attached hydrogen (secondary N) is 4. The number of carbonyl (C=O) groups excluding carboxylic acids is 6. The van der Waals surface area contributed by atoms with E-state index in [0.717, 1.165) is 27.7 Å². The number of amides is 4. The largest absolute Gasteiger partial charge is 0.410 e. The van der Waals surface area contributed by atoms with Crippen LogP contribution in [0.4, 0.5) is 0 Å². The molecule has 0 aromatic carbocycles. The Morgan fingerprint density at radius 2 is 0.616 bits per heavy atom. The molecule has 63 nitrogen and oxygen atoms in total. The van der Waals surface area contributed by atoms with Gasteiger partial charge in [-0.3, -0.25) is 28.8 Å². The molecule has 57 atom stereocenters. The van der Waals surface area contributed by atoms with Crippen LogP contribution in [0.25, 0.3) is 0 Å². The highest BCUT2D eigenvalue weighted by Gasteiger charge is 2.65. The van der Waals surface area contributed by atoms with Gasteiger partial charge in [0, 0.05) is 39.5 Å². The van der Waals surface area contributed by atoms with Gasteiger partial charge in [0.1, 0.15) is 238 Å². The maximum atomic E-state index is 13.4. The number of aliphatic hydroxyl groups excluding tert-OH is 30. The molecule has 0 aromatic heterocycles. The lowest BCUT2D eigenvalue weighted by atomic mass is 9.87. The standard InChI is InChI=1S/C83H138N4O59/c1-23-30(103)8-82(126-21-97,144-64(23)47(107)32(105)10-88)125-20-42-51(111)58(118)61(121)77(136-42)138-67-38(16-94)133-75(45(56(67)116)86-28(6)101)142-72-59(119)49(109)34(12-90)130-80(72)124-19-41-53(113)70(62(122)78(135-41)139-68-39(17-95)132-74(44(55(68)115)85-27(5)100)137-66-37(15-93)128-25(3)43(54(66)114)84-26(4)99)141-81-73(60(120)50(110)35(13-91)131-81)143-76-46(87-29(7)102)57(117)69(40(18-96)134-76)140-79-63(123)71(52(112)36(14-92)129-79)146-83(127-22-98)9-31(104)24(2)65(145-83)48(108)33(106)11-89/h21-25,30-81,88-96,103-123H,8-20H2,1-7H3,(H,84,99)(H,85,100)(H,86,101)(H,87,102)/t23-,24-,25+,30+,31+,32+,33+,34?,35?,36?,37?,38-,39?,40?,41?,42?,43?,44?,45?,46?,47-,48-,49+,50+,51+,52+,53+,54-,55-,56?,57-,58+,59+,60?,61?,62?,63?,64?,65?,66+,67-,68+,69+,70+,71+,72?,73?,74+,75-,76+,77+,78+,79+,80-,81+,82+,83+/m1/s1. The average Bonchev–Trinajstić information content (AvgIpc) is 0.759. The normalized spacial score (nSPS) is 47.5. The zero-order chi connectivity index (χ0) is 108. The van der Waals surface area contributed by atoms with Gasteiger partial charge < -0.3 is 283 Å². The average molecular weight is 2140 g/mol. The number of aliphatic hydroxyl groups is 30. The summed E-state index contributed by atoms with van der Waals surface area (Å²) in [6.45, 7) is -5.30. The summed E-state index contributed by atoms with van der Waals surface area (Å²) in [6, 6.07) is -7.40. The molecule has 146 heavy (non-hydrogen) atoms. The van der Waals surface area contributed by atoms with Gasteiger partial charge in [-0.1, -0.05) is 13.8 Å². The highest BCUT2D eigenvalue weighted by molar-refractivity contribution is 5.74. The van der Waals surface area contributed by atoms with Crippen LogP contribution < -0.4 is 21.3 Å². The molecule has 0 spiro atoms. The van der Waals surface area contributed by atoms with Crippen molar-refractivity contribution in [1.29, 1.82) is 0 Å². The van der Waals surface area contributed by atoms with E-state index in [9.17, 15) is 182 Å². The number of carbonyl (C=O) groups is 6. The Balaban J connectivity index is 0.896. The Morgan fingerprint density at radius 1 is 0.315 bits per heavy atom. The van der Waals surface area contributed by atoms with Crippen LogP contribution in [0.3, 0.4) is 0 Å². The minimum absolute atomic E-state index is 0.202. The van der Waals surface area contributed by atoms with Gasteiger partial charge in [0.15, 0.2) is 50.3 Å². The quantitative estimate of drug-likeness (QED) is 0.0199. The molecule has 11 rings (SSSR count). The maximum Gasteiger partial charge on any atom is 0.332 e. The van der Waals surface area contributed by atoms with Gasteiger partial charge in [-0.2, -0.15) is 0 Å². The van der Waals surface area contributed by atoms with E-state index >= 15 is 0 Å². The molecule has 0 bridgehead atoms. The molecule has 21 unspecified atom stereocenters. The van der Waals surface area contributed by atoms with Gasteiger partial charge in [-0.25, -0.2) is 0 Å². The predicted molar refractivity (Wildman–Crippen MR) is 452 cm³/mol. The van der Waals surface area contributed by atoms with Crippen LogP contribution in [0, 0.1) is 11.8 Å². The third-order valence-corrected chi connectivity index (χ3v) is 27.3. The fourth-order valence-electron chi connectivity index (χ4n) is 19.2. The van der Waals surface area contributed by atoms with E-state index in [1.165, 1.54) is 20.8 Å². The Hall–Kier alpha value is -5.22. The summed E-state index contributed by atoms with van der Waals surface area (Å²) < 4.78 is 137. The number of hydrogen-bond acceptors (Lipinski definition) is 59. The van der Waals surface area contributed by atoms with Gasteiger partial charge in [-0.15, -0.1) is 0 Å². The zero-order valence-electron chi connectivity index (χ0n) is 79.4. The third kappa shape index (κ3) is 26.9. The first-order valence-electron chi connectivity index (χ1n) is 46.9. The Bertz CT molecular complexity index is 4070. The predicted octanol–water partition coefficient (Wildman–Crippen LogP) is -22.3. The number of hydrogen-bond donors (Lipinski definition) is 34. The zero-order valence-corrected chi connectivity index (χ0v) is 79.4. The molecule has 34 N–H and O–H groups in total. The molecule has 11 aliphatic heterocycles. The molecular formula is C83H138N4O59. The van der Waals surface area contributed by atoms with Crippen LogP contribution in [0.5, 0.6) is 0 Å². The van der Waals surface area contributed by atoms with Gasteiger partial charge in [-0.05, 0) is 6.92 Å². The molecule has 11 saturated heterocycles. The van der Waals surface area contributed by atoms with Crippen molar-refractivity contribution in [3.63, 3.8) is 0 Å². The fraction of sp³-hybridized carbons (Fsp3) is 0.928.